The molecule has 0 aromatic heterocycles. The zero-order valence-corrected chi connectivity index (χ0v) is 13.6. The fraction of sp³-hybridized carbons (Fsp3) is 0.474. The molecule has 124 valence electrons. The van der Waals surface area contributed by atoms with Crippen LogP contribution in [0, 0.1) is 5.41 Å². The molecule has 0 aliphatic heterocycles. The van der Waals surface area contributed by atoms with E-state index in [1.807, 2.05) is 6.08 Å². The van der Waals surface area contributed by atoms with Crippen molar-refractivity contribution >= 4 is 11.8 Å². The average molecular weight is 316 g/mol. The molecule has 1 aromatic carbocycles. The van der Waals surface area contributed by atoms with Crippen molar-refractivity contribution < 1.29 is 19.4 Å². The summed E-state index contributed by atoms with van der Waals surface area (Å²) in [4.78, 5) is 23.5. The molecule has 0 radical (unpaired) electrons. The van der Waals surface area contributed by atoms with Crippen molar-refractivity contribution in [2.45, 2.75) is 45.4 Å². The maximum absolute atomic E-state index is 12.9. The molecular formula is C19H24O4. The summed E-state index contributed by atoms with van der Waals surface area (Å²) in [5.41, 5.74) is 1.31. The highest BCUT2D eigenvalue weighted by atomic mass is 16.5. The maximum Gasteiger partial charge on any atom is 0.341 e. The van der Waals surface area contributed by atoms with Gasteiger partial charge in [0.05, 0.1) is 0 Å². The summed E-state index contributed by atoms with van der Waals surface area (Å²) in [5.74, 6) is -0.322. The number of allylic oxidation sites excluding steroid dienone is 1. The quantitative estimate of drug-likeness (QED) is 0.552. The Bertz CT molecular complexity index is 605. The van der Waals surface area contributed by atoms with Crippen LogP contribution >= 0.6 is 0 Å². The number of carbonyl (C=O) groups excluding carboxylic acids is 1. The first-order valence-corrected chi connectivity index (χ1v) is 8.15. The van der Waals surface area contributed by atoms with Crippen LogP contribution in [0.4, 0.5) is 0 Å². The number of benzene rings is 1. The van der Waals surface area contributed by atoms with Gasteiger partial charge in [0.2, 0.25) is 0 Å². The Morgan fingerprint density at radius 3 is 2.87 bits per heavy atom. The van der Waals surface area contributed by atoms with E-state index in [0.29, 0.717) is 18.6 Å². The van der Waals surface area contributed by atoms with Gasteiger partial charge in [0.15, 0.2) is 12.4 Å². The average Bonchev–Trinajstić information content (AvgIpc) is 2.78. The normalized spacial score (nSPS) is 19.4. The van der Waals surface area contributed by atoms with Crippen molar-refractivity contribution in [1.82, 2.24) is 0 Å². The summed E-state index contributed by atoms with van der Waals surface area (Å²) < 4.78 is 5.22. The van der Waals surface area contributed by atoms with Gasteiger partial charge in [-0.1, -0.05) is 32.3 Å². The van der Waals surface area contributed by atoms with Crippen LogP contribution in [-0.2, 0) is 11.2 Å². The Morgan fingerprint density at radius 2 is 2.22 bits per heavy atom. The summed E-state index contributed by atoms with van der Waals surface area (Å²) in [6, 6.07) is 5.25. The monoisotopic (exact) mass is 316 g/mol. The van der Waals surface area contributed by atoms with Crippen molar-refractivity contribution in [3.05, 3.63) is 42.0 Å². The minimum atomic E-state index is -1.01. The maximum atomic E-state index is 12.9. The number of carboxylic acid groups (broad SMARTS) is 1. The fourth-order valence-corrected chi connectivity index (χ4v) is 3.36. The van der Waals surface area contributed by atoms with Crippen LogP contribution in [0.2, 0.25) is 0 Å². The highest BCUT2D eigenvalue weighted by Crippen LogP contribution is 2.44. The van der Waals surface area contributed by atoms with E-state index >= 15 is 0 Å². The first kappa shape index (κ1) is 17.3. The molecule has 1 N–H and O–H groups in total. The largest absolute Gasteiger partial charge is 0.482 e. The van der Waals surface area contributed by atoms with E-state index in [0.717, 1.165) is 36.8 Å². The van der Waals surface area contributed by atoms with Gasteiger partial charge in [0, 0.05) is 11.0 Å². The summed E-state index contributed by atoms with van der Waals surface area (Å²) in [6.45, 7) is 5.60. The molecule has 1 aromatic rings. The Morgan fingerprint density at radius 1 is 1.43 bits per heavy atom. The van der Waals surface area contributed by atoms with E-state index in [1.165, 1.54) is 0 Å². The van der Waals surface area contributed by atoms with Crippen molar-refractivity contribution in [3.63, 3.8) is 0 Å². The van der Waals surface area contributed by atoms with Crippen LogP contribution < -0.4 is 4.74 Å². The van der Waals surface area contributed by atoms with E-state index < -0.39 is 5.97 Å². The van der Waals surface area contributed by atoms with Crippen molar-refractivity contribution in [2.75, 3.05) is 6.61 Å². The van der Waals surface area contributed by atoms with E-state index in [9.17, 15) is 9.59 Å². The van der Waals surface area contributed by atoms with Crippen LogP contribution in [0.3, 0.4) is 0 Å². The van der Waals surface area contributed by atoms with Crippen LogP contribution in [0.25, 0.3) is 0 Å². The molecule has 1 unspecified atom stereocenters. The fourth-order valence-electron chi connectivity index (χ4n) is 3.36. The first-order valence-electron chi connectivity index (χ1n) is 8.15. The lowest BCUT2D eigenvalue weighted by atomic mass is 9.76. The van der Waals surface area contributed by atoms with Crippen LogP contribution in [-0.4, -0.2) is 23.5 Å². The predicted molar refractivity (Wildman–Crippen MR) is 89.0 cm³/mol. The van der Waals surface area contributed by atoms with Gasteiger partial charge in [-0.3, -0.25) is 4.79 Å². The van der Waals surface area contributed by atoms with Crippen molar-refractivity contribution in [1.29, 1.82) is 0 Å². The minimum absolute atomic E-state index is 0.188. The highest BCUT2D eigenvalue weighted by Gasteiger charge is 2.43. The molecule has 0 heterocycles. The van der Waals surface area contributed by atoms with Gasteiger partial charge in [-0.25, -0.2) is 4.79 Å². The number of carbonyl (C=O) groups is 2. The van der Waals surface area contributed by atoms with E-state index in [4.69, 9.17) is 9.84 Å². The van der Waals surface area contributed by atoms with E-state index in [2.05, 4.69) is 13.5 Å². The Kier molecular flexibility index (Phi) is 5.59. The second-order valence-electron chi connectivity index (χ2n) is 6.24. The van der Waals surface area contributed by atoms with E-state index in [-0.39, 0.29) is 17.8 Å². The van der Waals surface area contributed by atoms with Crippen LogP contribution in [0.1, 0.15) is 54.9 Å². The smallest absolute Gasteiger partial charge is 0.341 e. The molecule has 0 spiro atoms. The second kappa shape index (κ2) is 7.44. The molecule has 1 aliphatic carbocycles. The molecule has 0 amide bonds. The third-order valence-electron chi connectivity index (χ3n) is 4.49. The SMILES string of the molecule is C=CCC1(CCCCC)Cc2cc(OCC(=O)O)ccc2C1=O. The third-order valence-corrected chi connectivity index (χ3v) is 4.49. The number of ether oxygens (including phenoxy) is 1. The molecule has 0 saturated heterocycles. The summed E-state index contributed by atoms with van der Waals surface area (Å²) in [7, 11) is 0. The Labute approximate surface area is 137 Å². The second-order valence-corrected chi connectivity index (χ2v) is 6.24. The molecule has 0 bridgehead atoms. The van der Waals surface area contributed by atoms with Crippen molar-refractivity contribution in [3.8, 4) is 5.75 Å². The molecule has 4 nitrogen and oxygen atoms in total. The van der Waals surface area contributed by atoms with Gasteiger partial charge in [-0.2, -0.15) is 0 Å². The van der Waals surface area contributed by atoms with Gasteiger partial charge in [0.1, 0.15) is 5.75 Å². The number of hydrogen-bond donors (Lipinski definition) is 1. The number of aliphatic carboxylic acids is 1. The highest BCUT2D eigenvalue weighted by molar-refractivity contribution is 6.05. The Hall–Kier alpha value is -2.10. The number of unbranched alkanes of at least 4 members (excludes halogenated alkanes) is 2. The summed E-state index contributed by atoms with van der Waals surface area (Å²) in [5, 5.41) is 8.69. The van der Waals surface area contributed by atoms with E-state index in [1.54, 1.807) is 18.2 Å². The first-order chi connectivity index (χ1) is 11.0. The molecule has 23 heavy (non-hydrogen) atoms. The number of fused-ring (bicyclic) bond motifs is 1. The molecule has 1 atom stereocenters. The number of rotatable bonds is 9. The number of ketones is 1. The van der Waals surface area contributed by atoms with Gasteiger partial charge in [-0.15, -0.1) is 6.58 Å². The molecule has 1 aliphatic rings. The molecule has 0 saturated carbocycles. The topological polar surface area (TPSA) is 63.6 Å². The standard InChI is InChI=1S/C19H24O4/c1-3-5-6-10-19(9-4-2)12-14-11-15(23-13-17(20)21)7-8-16(14)18(19)22/h4,7-8,11H,2-3,5-6,9-10,12-13H2,1H3,(H,20,21). The van der Waals surface area contributed by atoms with Gasteiger partial charge in [-0.05, 0) is 43.0 Å². The molecule has 0 fully saturated rings. The molecule has 2 rings (SSSR count). The lowest BCUT2D eigenvalue weighted by molar-refractivity contribution is -0.139. The van der Waals surface area contributed by atoms with Crippen LogP contribution in [0.5, 0.6) is 5.75 Å². The number of Topliss-reactive ketones (excluding diaryl/α,β-unsaturated/α-hetero) is 1. The molecular weight excluding hydrogens is 292 g/mol. The van der Waals surface area contributed by atoms with Gasteiger partial charge >= 0.3 is 5.97 Å². The zero-order valence-electron chi connectivity index (χ0n) is 13.6. The lowest BCUT2D eigenvalue weighted by Gasteiger charge is -2.26. The number of hydrogen-bond acceptors (Lipinski definition) is 3. The zero-order chi connectivity index (χ0) is 16.9. The lowest BCUT2D eigenvalue weighted by Crippen LogP contribution is -2.27. The predicted octanol–water partition coefficient (Wildman–Crippen LogP) is 4.03. The minimum Gasteiger partial charge on any atom is -0.482 e. The molecule has 4 heteroatoms. The summed E-state index contributed by atoms with van der Waals surface area (Å²) in [6.07, 6.45) is 7.33. The van der Waals surface area contributed by atoms with Crippen molar-refractivity contribution in [2.24, 2.45) is 5.41 Å². The number of carboxylic acids is 1. The Balaban J connectivity index is 2.20. The third kappa shape index (κ3) is 3.81. The summed E-state index contributed by atoms with van der Waals surface area (Å²) >= 11 is 0. The van der Waals surface area contributed by atoms with Crippen LogP contribution in [0.15, 0.2) is 30.9 Å². The van der Waals surface area contributed by atoms with Gasteiger partial charge in [0.25, 0.3) is 0 Å². The van der Waals surface area contributed by atoms with Gasteiger partial charge < -0.3 is 9.84 Å².